The maximum Gasteiger partial charge on any atom is 0.254 e. The minimum atomic E-state index is -0.429. The third-order valence-corrected chi connectivity index (χ3v) is 8.26. The third kappa shape index (κ3) is 4.08. The third-order valence-electron chi connectivity index (χ3n) is 7.38. The minimum absolute atomic E-state index is 0.00275. The zero-order valence-corrected chi connectivity index (χ0v) is 22.0. The summed E-state index contributed by atoms with van der Waals surface area (Å²) in [5.41, 5.74) is 4.64. The van der Waals surface area contributed by atoms with Crippen LogP contribution in [0.15, 0.2) is 66.7 Å². The van der Waals surface area contributed by atoms with E-state index in [-0.39, 0.29) is 11.9 Å². The molecule has 0 aliphatic carbocycles. The molecule has 1 N–H and O–H groups in total. The number of likely N-dealkylation sites (tertiary alicyclic amines) is 1. The number of hydrogen-bond donors (Lipinski definition) is 1. The van der Waals surface area contributed by atoms with Crippen LogP contribution in [0.1, 0.15) is 40.7 Å². The smallest absolute Gasteiger partial charge is 0.254 e. The molecule has 1 aliphatic rings. The number of hydrogen-bond acceptors (Lipinski definition) is 6. The van der Waals surface area contributed by atoms with E-state index in [1.807, 2.05) is 41.7 Å². The maximum absolute atomic E-state index is 15.4. The topological polar surface area (TPSA) is 92.6 Å². The van der Waals surface area contributed by atoms with Crippen LogP contribution in [0.3, 0.4) is 0 Å². The van der Waals surface area contributed by atoms with Crippen LogP contribution < -0.4 is 0 Å². The summed E-state index contributed by atoms with van der Waals surface area (Å²) < 4.78 is 17.1. The molecule has 1 unspecified atom stereocenters. The van der Waals surface area contributed by atoms with Crippen LogP contribution in [0, 0.1) is 5.82 Å². The number of benzene rings is 1. The van der Waals surface area contributed by atoms with Crippen LogP contribution in [0.5, 0.6) is 0 Å². The predicted octanol–water partition coefficient (Wildman–Crippen LogP) is 6.14. The lowest BCUT2D eigenvalue weighted by Crippen LogP contribution is -2.38. The summed E-state index contributed by atoms with van der Waals surface area (Å²) in [5, 5.41) is 8.66. The van der Waals surface area contributed by atoms with Gasteiger partial charge in [-0.1, -0.05) is 12.1 Å². The van der Waals surface area contributed by atoms with Crippen molar-refractivity contribution in [3.05, 3.63) is 83.1 Å². The average Bonchev–Trinajstić information content (AvgIpc) is 3.73. The average molecular weight is 538 g/mol. The molecule has 0 bridgehead atoms. The Balaban J connectivity index is 1.28. The van der Waals surface area contributed by atoms with Gasteiger partial charge in [0, 0.05) is 58.8 Å². The second-order valence-electron chi connectivity index (χ2n) is 9.81. The van der Waals surface area contributed by atoms with E-state index in [4.69, 9.17) is 0 Å². The molecule has 0 radical (unpaired) electrons. The largest absolute Gasteiger partial charge is 0.338 e. The molecule has 6 heterocycles. The molecule has 1 amide bonds. The molecule has 8 nitrogen and oxygen atoms in total. The number of halogens is 1. The molecule has 1 fully saturated rings. The highest BCUT2D eigenvalue weighted by Gasteiger charge is 2.30. The Bertz CT molecular complexity index is 1820. The number of aryl methyl sites for hydroxylation is 1. The van der Waals surface area contributed by atoms with Crippen LogP contribution >= 0.6 is 11.3 Å². The second-order valence-corrected chi connectivity index (χ2v) is 10.7. The monoisotopic (exact) mass is 537 g/mol. The standard InChI is InChI=1S/C29H24FN7OS/c1-36-16-19(13-34-36)22-12-20-23(15-32-22)35-27-26(20)25(21(30)14-33-27)17-5-7-18(8-6-17)29(38)37-10-3-2-4-24(37)28-31-9-11-39-28/h5-9,11-16,24H,2-4,10H2,1H3,(H,33,35). The number of amides is 1. The van der Waals surface area contributed by atoms with Crippen molar-refractivity contribution in [1.82, 2.24) is 34.6 Å². The van der Waals surface area contributed by atoms with E-state index in [0.717, 1.165) is 46.4 Å². The van der Waals surface area contributed by atoms with Gasteiger partial charge in [-0.25, -0.2) is 14.4 Å². The van der Waals surface area contributed by atoms with Gasteiger partial charge in [-0.05, 0) is 43.0 Å². The molecule has 194 valence electrons. The number of rotatable bonds is 4. The number of piperidine rings is 1. The van der Waals surface area contributed by atoms with E-state index in [1.54, 1.807) is 46.7 Å². The van der Waals surface area contributed by atoms with Gasteiger partial charge in [-0.2, -0.15) is 5.10 Å². The Kier molecular flexibility index (Phi) is 5.70. The van der Waals surface area contributed by atoms with Crippen LogP contribution in [0.25, 0.3) is 44.3 Å². The van der Waals surface area contributed by atoms with Crippen molar-refractivity contribution in [3.63, 3.8) is 0 Å². The van der Waals surface area contributed by atoms with Crippen molar-refractivity contribution in [2.75, 3.05) is 6.54 Å². The first kappa shape index (κ1) is 23.7. The number of nitrogens with zero attached hydrogens (tertiary/aromatic N) is 6. The molecule has 10 heteroatoms. The van der Waals surface area contributed by atoms with Gasteiger partial charge >= 0.3 is 0 Å². The number of carbonyl (C=O) groups excluding carboxylic acids is 1. The molecule has 7 rings (SSSR count). The van der Waals surface area contributed by atoms with Crippen molar-refractivity contribution in [2.24, 2.45) is 7.05 Å². The van der Waals surface area contributed by atoms with Gasteiger partial charge in [0.1, 0.15) is 16.5 Å². The summed E-state index contributed by atoms with van der Waals surface area (Å²) in [6, 6.07) is 9.13. The first-order chi connectivity index (χ1) is 19.1. The van der Waals surface area contributed by atoms with E-state index in [0.29, 0.717) is 34.3 Å². The molecule has 1 aromatic carbocycles. The van der Waals surface area contributed by atoms with Gasteiger partial charge in [0.05, 0.1) is 35.8 Å². The van der Waals surface area contributed by atoms with E-state index >= 15 is 4.39 Å². The lowest BCUT2D eigenvalue weighted by molar-refractivity contribution is 0.0611. The molecule has 0 saturated carbocycles. The Hall–Kier alpha value is -4.44. The van der Waals surface area contributed by atoms with Gasteiger partial charge in [0.2, 0.25) is 0 Å². The van der Waals surface area contributed by atoms with Crippen LogP contribution in [-0.2, 0) is 7.05 Å². The van der Waals surface area contributed by atoms with Crippen molar-refractivity contribution in [3.8, 4) is 22.4 Å². The molecule has 39 heavy (non-hydrogen) atoms. The number of nitrogens with one attached hydrogen (secondary N) is 1. The summed E-state index contributed by atoms with van der Waals surface area (Å²) >= 11 is 1.59. The van der Waals surface area contributed by atoms with Gasteiger partial charge in [-0.15, -0.1) is 11.3 Å². The summed E-state index contributed by atoms with van der Waals surface area (Å²) in [7, 11) is 1.85. The summed E-state index contributed by atoms with van der Waals surface area (Å²) in [4.78, 5) is 32.1. The molecule has 0 spiro atoms. The molecule has 5 aromatic heterocycles. The highest BCUT2D eigenvalue weighted by molar-refractivity contribution is 7.09. The van der Waals surface area contributed by atoms with Crippen molar-refractivity contribution in [1.29, 1.82) is 0 Å². The van der Waals surface area contributed by atoms with E-state index in [9.17, 15) is 4.79 Å². The first-order valence-corrected chi connectivity index (χ1v) is 13.7. The summed E-state index contributed by atoms with van der Waals surface area (Å²) in [5.74, 6) is -0.455. The van der Waals surface area contributed by atoms with Crippen LogP contribution in [0.4, 0.5) is 4.39 Å². The number of thiazole rings is 1. The fourth-order valence-corrected chi connectivity index (χ4v) is 6.29. The zero-order chi connectivity index (χ0) is 26.5. The Labute approximate surface area is 227 Å². The van der Waals surface area contributed by atoms with Crippen LogP contribution in [0.2, 0.25) is 0 Å². The molecular weight excluding hydrogens is 513 g/mol. The lowest BCUT2D eigenvalue weighted by Gasteiger charge is -2.34. The molecular formula is C29H24FN7OS. The Morgan fingerprint density at radius 1 is 1.08 bits per heavy atom. The summed E-state index contributed by atoms with van der Waals surface area (Å²) in [6.45, 7) is 0.701. The molecule has 6 aromatic rings. The molecule has 1 saturated heterocycles. The number of fused-ring (bicyclic) bond motifs is 3. The highest BCUT2D eigenvalue weighted by Crippen LogP contribution is 2.37. The number of pyridine rings is 2. The molecule has 1 aliphatic heterocycles. The van der Waals surface area contributed by atoms with Crippen molar-refractivity contribution < 1.29 is 9.18 Å². The van der Waals surface area contributed by atoms with E-state index < -0.39 is 5.82 Å². The van der Waals surface area contributed by atoms with Gasteiger partial charge in [0.25, 0.3) is 5.91 Å². The zero-order valence-electron chi connectivity index (χ0n) is 21.1. The number of H-pyrrole nitrogens is 1. The second kappa shape index (κ2) is 9.39. The van der Waals surface area contributed by atoms with E-state index in [2.05, 4.69) is 25.0 Å². The Morgan fingerprint density at radius 3 is 2.72 bits per heavy atom. The fourth-order valence-electron chi connectivity index (χ4n) is 5.50. The van der Waals surface area contributed by atoms with Crippen molar-refractivity contribution >= 4 is 39.2 Å². The quantitative estimate of drug-likeness (QED) is 0.292. The maximum atomic E-state index is 15.4. The number of aromatic amines is 1. The van der Waals surface area contributed by atoms with Gasteiger partial charge in [-0.3, -0.25) is 14.5 Å². The normalized spacial score (nSPS) is 15.8. The Morgan fingerprint density at radius 2 is 1.95 bits per heavy atom. The van der Waals surface area contributed by atoms with Gasteiger partial charge < -0.3 is 9.88 Å². The first-order valence-electron chi connectivity index (χ1n) is 12.8. The SMILES string of the molecule is Cn1cc(-c2cc3c(cn2)[nH]c2ncc(F)c(-c4ccc(C(=O)N5CCCCC5c5nccs5)cc4)c23)cn1. The molecule has 1 atom stereocenters. The number of aromatic nitrogens is 6. The lowest BCUT2D eigenvalue weighted by atomic mass is 9.98. The minimum Gasteiger partial charge on any atom is -0.338 e. The highest BCUT2D eigenvalue weighted by atomic mass is 32.1. The van der Waals surface area contributed by atoms with Crippen molar-refractivity contribution in [2.45, 2.75) is 25.3 Å². The fraction of sp³-hybridized carbons (Fsp3) is 0.207. The van der Waals surface area contributed by atoms with Gasteiger partial charge in [0.15, 0.2) is 0 Å². The number of carbonyl (C=O) groups is 1. The van der Waals surface area contributed by atoms with Crippen LogP contribution in [-0.4, -0.2) is 47.1 Å². The summed E-state index contributed by atoms with van der Waals surface area (Å²) in [6.07, 6.45) is 11.4. The van der Waals surface area contributed by atoms with E-state index in [1.165, 1.54) is 6.20 Å². The predicted molar refractivity (Wildman–Crippen MR) is 149 cm³/mol.